The number of guanidine groups is 1. The van der Waals surface area contributed by atoms with Crippen molar-refractivity contribution in [2.75, 3.05) is 13.1 Å². The van der Waals surface area contributed by atoms with E-state index < -0.39 is 5.60 Å². The Morgan fingerprint density at radius 2 is 1.93 bits per heavy atom. The molecule has 1 aromatic heterocycles. The zero-order valence-corrected chi connectivity index (χ0v) is 17.2. The topological polar surface area (TPSA) is 75.9 Å². The zero-order chi connectivity index (χ0) is 20.4. The fourth-order valence-electron chi connectivity index (χ4n) is 2.59. The summed E-state index contributed by atoms with van der Waals surface area (Å²) in [7, 11) is 0. The van der Waals surface area contributed by atoms with Crippen molar-refractivity contribution in [2.24, 2.45) is 4.99 Å². The quantitative estimate of drug-likeness (QED) is 0.410. The first-order valence-corrected chi connectivity index (χ1v) is 9.67. The van der Waals surface area contributed by atoms with Crippen molar-refractivity contribution in [1.82, 2.24) is 10.6 Å². The van der Waals surface area contributed by atoms with Crippen molar-refractivity contribution in [3.05, 3.63) is 60.1 Å². The number of esters is 1. The summed E-state index contributed by atoms with van der Waals surface area (Å²) in [5.74, 6) is 1.32. The number of aliphatic imine (C=N–C) groups is 1. The predicted molar refractivity (Wildman–Crippen MR) is 111 cm³/mol. The molecule has 1 aromatic carbocycles. The Kier molecular flexibility index (Phi) is 8.11. The maximum atomic E-state index is 11.9. The standard InChI is InChI=1S/C22H31N3O3/c1-17(18-9-6-5-7-10-18)25-21(23-14-12-19-11-8-16-27-19)24-15-13-20(26)28-22(2,3)4/h5-11,16-17H,12-15H2,1-4H3,(H2,23,24,25). The molecule has 0 bridgehead atoms. The van der Waals surface area contributed by atoms with Crippen LogP contribution in [0, 0.1) is 0 Å². The molecule has 0 saturated heterocycles. The lowest BCUT2D eigenvalue weighted by Crippen LogP contribution is -2.40. The van der Waals surface area contributed by atoms with E-state index in [0.717, 1.165) is 17.7 Å². The Balaban J connectivity index is 1.92. The van der Waals surface area contributed by atoms with E-state index >= 15 is 0 Å². The highest BCUT2D eigenvalue weighted by Crippen LogP contribution is 2.11. The number of benzene rings is 1. The van der Waals surface area contributed by atoms with E-state index in [4.69, 9.17) is 9.15 Å². The minimum Gasteiger partial charge on any atom is -0.469 e. The second kappa shape index (κ2) is 10.5. The van der Waals surface area contributed by atoms with Crippen molar-refractivity contribution in [1.29, 1.82) is 0 Å². The van der Waals surface area contributed by atoms with Crippen LogP contribution in [0.5, 0.6) is 0 Å². The van der Waals surface area contributed by atoms with Crippen molar-refractivity contribution < 1.29 is 13.9 Å². The smallest absolute Gasteiger partial charge is 0.308 e. The van der Waals surface area contributed by atoms with Crippen LogP contribution in [0.2, 0.25) is 0 Å². The molecule has 0 aliphatic carbocycles. The largest absolute Gasteiger partial charge is 0.469 e. The Hall–Kier alpha value is -2.76. The van der Waals surface area contributed by atoms with Crippen LogP contribution >= 0.6 is 0 Å². The number of rotatable bonds is 8. The number of carbonyl (C=O) groups excluding carboxylic acids is 1. The SMILES string of the molecule is CC(NC(=NCCC(=O)OC(C)(C)C)NCCc1ccco1)c1ccccc1. The van der Waals surface area contributed by atoms with E-state index in [2.05, 4.69) is 34.7 Å². The molecule has 6 heteroatoms. The molecule has 1 unspecified atom stereocenters. The number of ether oxygens (including phenoxy) is 1. The molecule has 2 rings (SSSR count). The van der Waals surface area contributed by atoms with Crippen molar-refractivity contribution in [2.45, 2.75) is 52.2 Å². The Labute approximate surface area is 167 Å². The summed E-state index contributed by atoms with van der Waals surface area (Å²) in [5, 5.41) is 6.70. The van der Waals surface area contributed by atoms with Crippen LogP contribution in [-0.4, -0.2) is 30.6 Å². The highest BCUT2D eigenvalue weighted by molar-refractivity contribution is 5.80. The van der Waals surface area contributed by atoms with E-state index in [1.807, 2.05) is 51.1 Å². The lowest BCUT2D eigenvalue weighted by atomic mass is 10.1. The molecule has 1 atom stereocenters. The first kappa shape index (κ1) is 21.5. The van der Waals surface area contributed by atoms with Crippen LogP contribution in [0.1, 0.15) is 51.5 Å². The van der Waals surface area contributed by atoms with Gasteiger partial charge in [-0.05, 0) is 45.4 Å². The molecule has 28 heavy (non-hydrogen) atoms. The number of nitrogens with one attached hydrogen (secondary N) is 2. The molecule has 0 fully saturated rings. The summed E-state index contributed by atoms with van der Waals surface area (Å²) in [4.78, 5) is 16.4. The van der Waals surface area contributed by atoms with Gasteiger partial charge in [0.15, 0.2) is 5.96 Å². The second-order valence-electron chi connectivity index (χ2n) is 7.60. The van der Waals surface area contributed by atoms with Gasteiger partial charge >= 0.3 is 5.97 Å². The number of carbonyl (C=O) groups is 1. The van der Waals surface area contributed by atoms with E-state index in [9.17, 15) is 4.79 Å². The second-order valence-corrected chi connectivity index (χ2v) is 7.60. The molecule has 152 valence electrons. The fraction of sp³-hybridized carbons (Fsp3) is 0.455. The molecule has 1 heterocycles. The molecule has 2 aromatic rings. The Bertz CT molecular complexity index is 734. The Morgan fingerprint density at radius 1 is 1.18 bits per heavy atom. The van der Waals surface area contributed by atoms with Gasteiger partial charge in [-0.1, -0.05) is 30.3 Å². The van der Waals surface area contributed by atoms with E-state index in [-0.39, 0.29) is 18.4 Å². The third-order valence-corrected chi connectivity index (χ3v) is 3.90. The lowest BCUT2D eigenvalue weighted by molar-refractivity contribution is -0.154. The first-order chi connectivity index (χ1) is 13.3. The van der Waals surface area contributed by atoms with E-state index in [1.54, 1.807) is 6.26 Å². The third kappa shape index (κ3) is 8.29. The maximum absolute atomic E-state index is 11.9. The summed E-state index contributed by atoms with van der Waals surface area (Å²) >= 11 is 0. The maximum Gasteiger partial charge on any atom is 0.308 e. The minimum atomic E-state index is -0.481. The number of furan rings is 1. The van der Waals surface area contributed by atoms with Crippen LogP contribution in [0.25, 0.3) is 0 Å². The zero-order valence-electron chi connectivity index (χ0n) is 17.2. The monoisotopic (exact) mass is 385 g/mol. The van der Waals surface area contributed by atoms with Gasteiger partial charge in [0.25, 0.3) is 0 Å². The lowest BCUT2D eigenvalue weighted by Gasteiger charge is -2.20. The van der Waals surface area contributed by atoms with Gasteiger partial charge in [0.2, 0.25) is 0 Å². The molecule has 0 saturated carbocycles. The molecule has 0 radical (unpaired) electrons. The van der Waals surface area contributed by atoms with Crippen LogP contribution < -0.4 is 10.6 Å². The van der Waals surface area contributed by atoms with Crippen LogP contribution in [0.3, 0.4) is 0 Å². The van der Waals surface area contributed by atoms with Crippen LogP contribution in [-0.2, 0) is 16.0 Å². The molecule has 0 aliphatic heterocycles. The summed E-state index contributed by atoms with van der Waals surface area (Å²) < 4.78 is 10.7. The first-order valence-electron chi connectivity index (χ1n) is 9.67. The highest BCUT2D eigenvalue weighted by Gasteiger charge is 2.16. The van der Waals surface area contributed by atoms with E-state index in [1.165, 1.54) is 0 Å². The molecular formula is C22H31N3O3. The average Bonchev–Trinajstić information content (AvgIpc) is 3.14. The fourth-order valence-corrected chi connectivity index (χ4v) is 2.59. The third-order valence-electron chi connectivity index (χ3n) is 3.90. The van der Waals surface area contributed by atoms with Crippen LogP contribution in [0.4, 0.5) is 0 Å². The van der Waals surface area contributed by atoms with Crippen molar-refractivity contribution in [3.8, 4) is 0 Å². The number of hydrogen-bond donors (Lipinski definition) is 2. The average molecular weight is 386 g/mol. The van der Waals surface area contributed by atoms with E-state index in [0.29, 0.717) is 19.0 Å². The van der Waals surface area contributed by atoms with Gasteiger partial charge < -0.3 is 19.8 Å². The molecule has 0 spiro atoms. The molecule has 0 amide bonds. The Morgan fingerprint density at radius 3 is 2.57 bits per heavy atom. The van der Waals surface area contributed by atoms with Gasteiger partial charge in [-0.15, -0.1) is 0 Å². The van der Waals surface area contributed by atoms with Gasteiger partial charge in [0.05, 0.1) is 25.3 Å². The van der Waals surface area contributed by atoms with Gasteiger partial charge in [-0.2, -0.15) is 0 Å². The minimum absolute atomic E-state index is 0.0811. The summed E-state index contributed by atoms with van der Waals surface area (Å²) in [6.07, 6.45) is 2.66. The molecule has 2 N–H and O–H groups in total. The summed E-state index contributed by atoms with van der Waals surface area (Å²) in [6.45, 7) is 8.68. The normalized spacial score (nSPS) is 13.1. The van der Waals surface area contributed by atoms with Gasteiger partial charge in [0.1, 0.15) is 11.4 Å². The summed E-state index contributed by atoms with van der Waals surface area (Å²) in [6, 6.07) is 14.1. The van der Waals surface area contributed by atoms with Gasteiger partial charge in [0, 0.05) is 13.0 Å². The molecule has 6 nitrogen and oxygen atoms in total. The predicted octanol–water partition coefficient (Wildman–Crippen LogP) is 3.85. The van der Waals surface area contributed by atoms with Crippen LogP contribution in [0.15, 0.2) is 58.1 Å². The molecule has 0 aliphatic rings. The van der Waals surface area contributed by atoms with Crippen molar-refractivity contribution >= 4 is 11.9 Å². The van der Waals surface area contributed by atoms with Gasteiger partial charge in [-0.25, -0.2) is 0 Å². The molecular weight excluding hydrogens is 354 g/mol. The van der Waals surface area contributed by atoms with Gasteiger partial charge in [-0.3, -0.25) is 9.79 Å². The number of nitrogens with zero attached hydrogens (tertiary/aromatic N) is 1. The number of hydrogen-bond acceptors (Lipinski definition) is 4. The highest BCUT2D eigenvalue weighted by atomic mass is 16.6. The van der Waals surface area contributed by atoms with Crippen molar-refractivity contribution in [3.63, 3.8) is 0 Å². The summed E-state index contributed by atoms with van der Waals surface area (Å²) in [5.41, 5.74) is 0.681.